The lowest BCUT2D eigenvalue weighted by molar-refractivity contribution is 0.359. The van der Waals surface area contributed by atoms with Crippen LogP contribution < -0.4 is 5.46 Å². The molecule has 1 fully saturated rings. The molecule has 0 N–H and O–H groups in total. The van der Waals surface area contributed by atoms with Crippen LogP contribution in [0.15, 0.2) is 5.57 Å². The first-order chi connectivity index (χ1) is 19.5. The quantitative estimate of drug-likeness (QED) is 0.121. The molecule has 0 bridgehead atoms. The normalized spacial score (nSPS) is 19.0. The van der Waals surface area contributed by atoms with E-state index in [0.717, 1.165) is 0 Å². The van der Waals surface area contributed by atoms with Crippen molar-refractivity contribution < 1.29 is 65.9 Å². The first-order valence-electron chi connectivity index (χ1n) is 11.8. The molecule has 0 amide bonds. The Kier molecular flexibility index (Phi) is 6.92. The van der Waals surface area contributed by atoms with Gasteiger partial charge < -0.3 is 0 Å². The summed E-state index contributed by atoms with van der Waals surface area (Å²) < 4.78 is 219. The number of hydrogen-bond donors (Lipinski definition) is 0. The molecule has 0 radical (unpaired) electrons. The Morgan fingerprint density at radius 2 is 0.810 bits per heavy atom. The van der Waals surface area contributed by atoms with Crippen molar-refractivity contribution in [2.24, 2.45) is 5.92 Å². The summed E-state index contributed by atoms with van der Waals surface area (Å²) >= 11 is 0. The molecule has 0 spiro atoms. The summed E-state index contributed by atoms with van der Waals surface area (Å²) in [5.74, 6) is -40.9. The van der Waals surface area contributed by atoms with E-state index in [1.165, 1.54) is 0 Å². The fourth-order valence-corrected chi connectivity index (χ4v) is 5.72. The predicted molar refractivity (Wildman–Crippen MR) is 116 cm³/mol. The average molecular weight is 618 g/mol. The first-order valence-corrected chi connectivity index (χ1v) is 11.8. The van der Waals surface area contributed by atoms with Crippen molar-refractivity contribution in [1.29, 1.82) is 0 Å². The summed E-state index contributed by atoms with van der Waals surface area (Å²) in [6.07, 6.45) is -1.02. The van der Waals surface area contributed by atoms with Crippen LogP contribution in [0.2, 0.25) is 0 Å². The van der Waals surface area contributed by atoms with Gasteiger partial charge in [0.15, 0.2) is 75.6 Å². The van der Waals surface area contributed by atoms with Crippen LogP contribution in [-0.2, 0) is 5.31 Å². The lowest BCUT2D eigenvalue weighted by atomic mass is 9.27. The van der Waals surface area contributed by atoms with Crippen LogP contribution in [0, 0.1) is 93.2 Å². The minimum Gasteiger partial charge on any atom is -0.204 e. The van der Waals surface area contributed by atoms with Crippen LogP contribution in [0.5, 0.6) is 0 Å². The van der Waals surface area contributed by atoms with Crippen LogP contribution in [0.25, 0.3) is 5.47 Å². The monoisotopic (exact) mass is 618 g/mol. The van der Waals surface area contributed by atoms with Crippen LogP contribution in [-0.4, -0.2) is 6.71 Å². The highest BCUT2D eigenvalue weighted by Crippen LogP contribution is 2.56. The average Bonchev–Trinajstić information content (AvgIpc) is 3.76. The summed E-state index contributed by atoms with van der Waals surface area (Å²) in [5, 5.41) is -3.02. The van der Waals surface area contributed by atoms with Gasteiger partial charge in [-0.25, -0.2) is 65.9 Å². The molecule has 1 aliphatic heterocycles. The number of halogens is 15. The van der Waals surface area contributed by atoms with Crippen LogP contribution in [0.4, 0.5) is 65.9 Å². The third-order valence-corrected chi connectivity index (χ3v) is 7.69. The zero-order chi connectivity index (χ0) is 31.3. The smallest absolute Gasteiger partial charge is 0.204 e. The Labute approximate surface area is 225 Å². The van der Waals surface area contributed by atoms with Crippen LogP contribution in [0.1, 0.15) is 37.3 Å². The van der Waals surface area contributed by atoms with E-state index in [-0.39, 0.29) is 12.8 Å². The second-order valence-corrected chi connectivity index (χ2v) is 10.1. The van der Waals surface area contributed by atoms with Crippen molar-refractivity contribution in [3.8, 4) is 0 Å². The lowest BCUT2D eigenvalue weighted by Crippen LogP contribution is -2.52. The van der Waals surface area contributed by atoms with E-state index in [0.29, 0.717) is 6.92 Å². The van der Waals surface area contributed by atoms with Gasteiger partial charge >= 0.3 is 0 Å². The second kappa shape index (κ2) is 9.73. The number of benzene rings is 3. The van der Waals surface area contributed by atoms with E-state index in [9.17, 15) is 39.5 Å². The Hall–Kier alpha value is -3.59. The number of rotatable bonds is 4. The molecule has 0 aromatic heterocycles. The van der Waals surface area contributed by atoms with Crippen molar-refractivity contribution in [1.82, 2.24) is 0 Å². The van der Waals surface area contributed by atoms with Gasteiger partial charge in [0.25, 0.3) is 0 Å². The molecule has 1 saturated carbocycles. The topological polar surface area (TPSA) is 0 Å². The van der Waals surface area contributed by atoms with Gasteiger partial charge in [-0.1, -0.05) is 18.0 Å². The molecular formula is C26H10BF15. The van der Waals surface area contributed by atoms with Crippen LogP contribution in [0.3, 0.4) is 0 Å². The molecule has 1 unspecified atom stereocenters. The summed E-state index contributed by atoms with van der Waals surface area (Å²) in [6.45, 7) is -2.41. The molecule has 0 saturated heterocycles. The maximum Gasteiger partial charge on any atom is 0.229 e. The zero-order valence-corrected chi connectivity index (χ0v) is 20.4. The van der Waals surface area contributed by atoms with Gasteiger partial charge in [0.2, 0.25) is 18.3 Å². The van der Waals surface area contributed by atoms with Gasteiger partial charge in [-0.05, 0) is 30.5 Å². The van der Waals surface area contributed by atoms with E-state index in [4.69, 9.17) is 0 Å². The number of allylic oxidation sites excluding steroid dienone is 1. The number of hydrogen-bond acceptors (Lipinski definition) is 0. The second-order valence-electron chi connectivity index (χ2n) is 10.1. The lowest BCUT2D eigenvalue weighted by Gasteiger charge is -2.33. The van der Waals surface area contributed by atoms with Crippen LogP contribution >= 0.6 is 0 Å². The molecule has 1 atom stereocenters. The van der Waals surface area contributed by atoms with Crippen molar-refractivity contribution in [2.75, 3.05) is 0 Å². The molecule has 16 heteroatoms. The van der Waals surface area contributed by atoms with E-state index < -0.39 is 139 Å². The molecule has 1 heterocycles. The van der Waals surface area contributed by atoms with E-state index >= 15 is 26.3 Å². The van der Waals surface area contributed by atoms with Gasteiger partial charge in [0, 0.05) is 16.6 Å². The molecule has 3 aromatic carbocycles. The van der Waals surface area contributed by atoms with E-state index in [2.05, 4.69) is 0 Å². The molecular weight excluding hydrogens is 608 g/mol. The van der Waals surface area contributed by atoms with E-state index in [1.807, 2.05) is 0 Å². The van der Waals surface area contributed by atoms with Crippen molar-refractivity contribution >= 4 is 17.6 Å². The molecule has 0 nitrogen and oxygen atoms in total. The molecule has 2 aliphatic rings. The molecule has 5 rings (SSSR count). The van der Waals surface area contributed by atoms with Gasteiger partial charge in [0.05, 0.1) is 0 Å². The SMILES string of the molecule is CC1(c2c(F)c(F)c(F)c(F)c2F)CC(C2CC2)=C(c2c(F)c(F)c(F)c(F)c2F)B1c1c(F)c(F)c(F)c(F)c1F. The van der Waals surface area contributed by atoms with Crippen molar-refractivity contribution in [3.05, 3.63) is 104 Å². The molecule has 222 valence electrons. The maximum atomic E-state index is 15.3. The third-order valence-electron chi connectivity index (χ3n) is 7.69. The van der Waals surface area contributed by atoms with E-state index in [1.54, 1.807) is 0 Å². The Bertz CT molecular complexity index is 1660. The highest BCUT2D eigenvalue weighted by Gasteiger charge is 2.58. The summed E-state index contributed by atoms with van der Waals surface area (Å²) in [5.41, 5.74) is -7.72. The minimum absolute atomic E-state index is 0.0469. The Morgan fingerprint density at radius 3 is 1.19 bits per heavy atom. The van der Waals surface area contributed by atoms with Crippen molar-refractivity contribution in [2.45, 2.75) is 31.5 Å². The third kappa shape index (κ3) is 3.89. The molecule has 42 heavy (non-hydrogen) atoms. The Balaban J connectivity index is 2.00. The minimum atomic E-state index is -3.02. The zero-order valence-electron chi connectivity index (χ0n) is 20.4. The largest absolute Gasteiger partial charge is 0.229 e. The fourth-order valence-electron chi connectivity index (χ4n) is 5.72. The first kappa shape index (κ1) is 29.9. The summed E-state index contributed by atoms with van der Waals surface area (Å²) in [7, 11) is 0. The Morgan fingerprint density at radius 1 is 0.476 bits per heavy atom. The highest BCUT2D eigenvalue weighted by molar-refractivity contribution is 6.93. The molecule has 1 aliphatic carbocycles. The fraction of sp³-hybridized carbons (Fsp3) is 0.231. The summed E-state index contributed by atoms with van der Waals surface area (Å²) in [6, 6.07) is 0. The highest BCUT2D eigenvalue weighted by atomic mass is 19.2. The molecule has 3 aromatic rings. The van der Waals surface area contributed by atoms with Gasteiger partial charge in [-0.3, -0.25) is 0 Å². The standard InChI is InChI=1S/C26H10BF15/c1-26(8-13(30)19(36)24(41)20(37)14(8)31)4-6(5-2-3-5)9(7-11(28)17(34)23(40)18(35)12(7)29)27(26)10-15(32)21(38)25(42)22(39)16(10)33/h5H,2-4H2,1H3. The van der Waals surface area contributed by atoms with Gasteiger partial charge in [0.1, 0.15) is 0 Å². The van der Waals surface area contributed by atoms with Crippen molar-refractivity contribution in [3.63, 3.8) is 0 Å². The van der Waals surface area contributed by atoms with Gasteiger partial charge in [-0.2, -0.15) is 0 Å². The predicted octanol–water partition coefficient (Wildman–Crippen LogP) is 7.78. The van der Waals surface area contributed by atoms with Gasteiger partial charge in [-0.15, -0.1) is 0 Å². The summed E-state index contributed by atoms with van der Waals surface area (Å²) in [4.78, 5) is 0. The maximum absolute atomic E-state index is 15.3.